The first-order valence-corrected chi connectivity index (χ1v) is 6.50. The van der Waals surface area contributed by atoms with Gasteiger partial charge in [0.2, 0.25) is 0 Å². The van der Waals surface area contributed by atoms with E-state index in [1.165, 1.54) is 6.33 Å². The van der Waals surface area contributed by atoms with Crippen LogP contribution in [0, 0.1) is 0 Å². The lowest BCUT2D eigenvalue weighted by Crippen LogP contribution is -2.45. The van der Waals surface area contributed by atoms with Gasteiger partial charge < -0.3 is 10.6 Å². The highest BCUT2D eigenvalue weighted by atomic mass is 35.5. The molecule has 5 nitrogen and oxygen atoms in total. The van der Waals surface area contributed by atoms with Crippen molar-refractivity contribution in [3.8, 4) is 0 Å². The quantitative estimate of drug-likeness (QED) is 0.883. The van der Waals surface area contributed by atoms with Gasteiger partial charge in [-0.25, -0.2) is 9.97 Å². The van der Waals surface area contributed by atoms with E-state index in [1.807, 2.05) is 13.8 Å². The average Bonchev–Trinajstić information content (AvgIpc) is 2.40. The number of halogens is 1. The van der Waals surface area contributed by atoms with Crippen LogP contribution in [0.25, 0.3) is 0 Å². The lowest BCUT2D eigenvalue weighted by atomic mass is 10.0. The van der Waals surface area contributed by atoms with Crippen LogP contribution < -0.4 is 10.6 Å². The molecular weight excluding hydrogens is 264 g/mol. The molecule has 106 valence electrons. The molecule has 19 heavy (non-hydrogen) atoms. The van der Waals surface area contributed by atoms with E-state index in [0.717, 1.165) is 31.6 Å². The second-order valence-electron chi connectivity index (χ2n) is 4.99. The third-order valence-electron chi connectivity index (χ3n) is 3.17. The van der Waals surface area contributed by atoms with Crippen molar-refractivity contribution in [3.05, 3.63) is 23.8 Å². The topological polar surface area (TPSA) is 66.9 Å². The van der Waals surface area contributed by atoms with E-state index in [1.54, 1.807) is 6.20 Å². The zero-order valence-electron chi connectivity index (χ0n) is 11.3. The minimum Gasteiger partial charge on any atom is -0.348 e. The lowest BCUT2D eigenvalue weighted by Gasteiger charge is -2.24. The second-order valence-corrected chi connectivity index (χ2v) is 4.99. The summed E-state index contributed by atoms with van der Waals surface area (Å²) in [6.45, 7) is 5.94. The van der Waals surface area contributed by atoms with Gasteiger partial charge in [0, 0.05) is 18.8 Å². The normalized spacial score (nSPS) is 18.8. The van der Waals surface area contributed by atoms with Gasteiger partial charge in [0.15, 0.2) is 0 Å². The number of aromatic nitrogens is 2. The molecule has 1 amide bonds. The van der Waals surface area contributed by atoms with Crippen molar-refractivity contribution in [2.24, 2.45) is 0 Å². The molecule has 1 fully saturated rings. The molecule has 1 aromatic rings. The summed E-state index contributed by atoms with van der Waals surface area (Å²) < 4.78 is 0. The first kappa shape index (κ1) is 15.9. The van der Waals surface area contributed by atoms with Gasteiger partial charge in [0.05, 0.1) is 11.3 Å². The summed E-state index contributed by atoms with van der Waals surface area (Å²) in [5, 5.41) is 6.33. The minimum absolute atomic E-state index is 0. The summed E-state index contributed by atoms with van der Waals surface area (Å²) in [4.78, 5) is 20.4. The smallest absolute Gasteiger partial charge is 0.254 e. The molecule has 1 aliphatic rings. The molecule has 0 aliphatic carbocycles. The standard InChI is InChI=1S/C13H20N4O.ClH/c1-9(2)12-11(7-15-8-16-12)13(18)17-10-4-3-5-14-6-10;/h7-10,14H,3-6H2,1-2H3,(H,17,18);1H. The summed E-state index contributed by atoms with van der Waals surface area (Å²) in [7, 11) is 0. The van der Waals surface area contributed by atoms with Crippen LogP contribution in [0.2, 0.25) is 0 Å². The summed E-state index contributed by atoms with van der Waals surface area (Å²) in [6.07, 6.45) is 5.24. The van der Waals surface area contributed by atoms with Crippen LogP contribution in [-0.4, -0.2) is 35.0 Å². The minimum atomic E-state index is -0.0620. The van der Waals surface area contributed by atoms with E-state index in [4.69, 9.17) is 0 Å². The molecule has 0 radical (unpaired) electrons. The Hall–Kier alpha value is -1.20. The second kappa shape index (κ2) is 7.40. The Bertz CT molecular complexity index is 419. The van der Waals surface area contributed by atoms with Crippen molar-refractivity contribution in [2.45, 2.75) is 38.6 Å². The van der Waals surface area contributed by atoms with E-state index in [0.29, 0.717) is 5.56 Å². The van der Waals surface area contributed by atoms with E-state index in [-0.39, 0.29) is 30.3 Å². The SMILES string of the molecule is CC(C)c1ncncc1C(=O)NC1CCCNC1.Cl. The third kappa shape index (κ3) is 4.14. The van der Waals surface area contributed by atoms with Crippen LogP contribution in [0.5, 0.6) is 0 Å². The van der Waals surface area contributed by atoms with Gasteiger partial charge in [0.25, 0.3) is 5.91 Å². The molecule has 0 aromatic carbocycles. The molecule has 2 heterocycles. The van der Waals surface area contributed by atoms with Crippen molar-refractivity contribution in [1.29, 1.82) is 0 Å². The van der Waals surface area contributed by atoms with Gasteiger partial charge in [-0.3, -0.25) is 4.79 Å². The van der Waals surface area contributed by atoms with Crippen molar-refractivity contribution in [2.75, 3.05) is 13.1 Å². The van der Waals surface area contributed by atoms with Crippen molar-refractivity contribution in [3.63, 3.8) is 0 Å². The molecule has 1 aliphatic heterocycles. The van der Waals surface area contributed by atoms with Gasteiger partial charge in [-0.1, -0.05) is 13.8 Å². The Morgan fingerprint density at radius 1 is 1.53 bits per heavy atom. The van der Waals surface area contributed by atoms with Crippen molar-refractivity contribution >= 4 is 18.3 Å². The van der Waals surface area contributed by atoms with Gasteiger partial charge in [-0.05, 0) is 25.3 Å². The molecular formula is C13H21ClN4O. The molecule has 2 N–H and O–H groups in total. The highest BCUT2D eigenvalue weighted by Gasteiger charge is 2.20. The Labute approximate surface area is 120 Å². The van der Waals surface area contributed by atoms with E-state index in [2.05, 4.69) is 20.6 Å². The van der Waals surface area contributed by atoms with Crippen LogP contribution in [0.3, 0.4) is 0 Å². The Kier molecular flexibility index (Phi) is 6.18. The van der Waals surface area contributed by atoms with Crippen LogP contribution in [0.1, 0.15) is 48.7 Å². The molecule has 1 unspecified atom stereocenters. The zero-order valence-corrected chi connectivity index (χ0v) is 12.2. The summed E-state index contributed by atoms with van der Waals surface area (Å²) in [5.74, 6) is 0.159. The molecule has 0 saturated carbocycles. The largest absolute Gasteiger partial charge is 0.348 e. The number of amides is 1. The van der Waals surface area contributed by atoms with Gasteiger partial charge >= 0.3 is 0 Å². The number of carbonyl (C=O) groups excluding carboxylic acids is 1. The molecule has 0 spiro atoms. The fourth-order valence-corrected chi connectivity index (χ4v) is 2.21. The monoisotopic (exact) mass is 284 g/mol. The summed E-state index contributed by atoms with van der Waals surface area (Å²) >= 11 is 0. The molecule has 0 bridgehead atoms. The number of rotatable bonds is 3. The number of hydrogen-bond donors (Lipinski definition) is 2. The predicted octanol–water partition coefficient (Wildman–Crippen LogP) is 1.50. The van der Waals surface area contributed by atoms with Crippen LogP contribution in [0.4, 0.5) is 0 Å². The molecule has 2 rings (SSSR count). The van der Waals surface area contributed by atoms with Gasteiger partial charge in [-0.2, -0.15) is 0 Å². The van der Waals surface area contributed by atoms with Gasteiger partial charge in [-0.15, -0.1) is 12.4 Å². The predicted molar refractivity (Wildman–Crippen MR) is 76.7 cm³/mol. The maximum atomic E-state index is 12.2. The molecule has 6 heteroatoms. The average molecular weight is 285 g/mol. The molecule has 1 aromatic heterocycles. The van der Waals surface area contributed by atoms with Crippen LogP contribution in [0.15, 0.2) is 12.5 Å². The molecule has 1 atom stereocenters. The number of carbonyl (C=O) groups is 1. The summed E-state index contributed by atoms with van der Waals surface area (Å²) in [5.41, 5.74) is 1.41. The fourth-order valence-electron chi connectivity index (χ4n) is 2.21. The molecule has 1 saturated heterocycles. The maximum Gasteiger partial charge on any atom is 0.254 e. The van der Waals surface area contributed by atoms with E-state index in [9.17, 15) is 4.79 Å². The van der Waals surface area contributed by atoms with Crippen molar-refractivity contribution < 1.29 is 4.79 Å². The zero-order chi connectivity index (χ0) is 13.0. The summed E-state index contributed by atoms with van der Waals surface area (Å²) in [6, 6.07) is 0.214. The number of hydrogen-bond acceptors (Lipinski definition) is 4. The Morgan fingerprint density at radius 2 is 2.32 bits per heavy atom. The lowest BCUT2D eigenvalue weighted by molar-refractivity contribution is 0.0928. The highest BCUT2D eigenvalue weighted by Crippen LogP contribution is 2.15. The van der Waals surface area contributed by atoms with Crippen LogP contribution >= 0.6 is 12.4 Å². The van der Waals surface area contributed by atoms with Gasteiger partial charge in [0.1, 0.15) is 6.33 Å². The number of nitrogens with one attached hydrogen (secondary N) is 2. The highest BCUT2D eigenvalue weighted by molar-refractivity contribution is 5.95. The first-order valence-electron chi connectivity index (χ1n) is 6.50. The van der Waals surface area contributed by atoms with E-state index < -0.39 is 0 Å². The maximum absolute atomic E-state index is 12.2. The fraction of sp³-hybridized carbons (Fsp3) is 0.615. The first-order chi connectivity index (χ1) is 8.68. The van der Waals surface area contributed by atoms with Crippen molar-refractivity contribution in [1.82, 2.24) is 20.6 Å². The Balaban J connectivity index is 0.00000180. The number of nitrogens with zero attached hydrogens (tertiary/aromatic N) is 2. The number of piperidine rings is 1. The Morgan fingerprint density at radius 3 is 2.95 bits per heavy atom. The van der Waals surface area contributed by atoms with Crippen LogP contribution in [-0.2, 0) is 0 Å². The van der Waals surface area contributed by atoms with E-state index >= 15 is 0 Å². The third-order valence-corrected chi connectivity index (χ3v) is 3.17.